The first-order valence-electron chi connectivity index (χ1n) is 6.85. The molecule has 0 bridgehead atoms. The molecule has 0 aliphatic heterocycles. The van der Waals surface area contributed by atoms with Crippen LogP contribution in [0.4, 0.5) is 0 Å². The van der Waals surface area contributed by atoms with Gasteiger partial charge in [-0.2, -0.15) is 4.98 Å². The number of nitrogens with zero attached hydrogens (tertiary/aromatic N) is 2. The lowest BCUT2D eigenvalue weighted by Crippen LogP contribution is -2.26. The third-order valence-electron chi connectivity index (χ3n) is 3.86. The van der Waals surface area contributed by atoms with E-state index in [4.69, 9.17) is 4.52 Å². The smallest absolute Gasteiger partial charge is 0.240 e. The lowest BCUT2D eigenvalue weighted by atomic mass is 9.81. The van der Waals surface area contributed by atoms with Crippen LogP contribution in [-0.4, -0.2) is 10.1 Å². The Balaban J connectivity index is 1.74. The van der Waals surface area contributed by atoms with Crippen LogP contribution in [0.15, 0.2) is 28.8 Å². The predicted octanol–water partition coefficient (Wildman–Crippen LogP) is 3.11. The molecule has 3 rings (SSSR count). The molecule has 2 atom stereocenters. The zero-order valence-electron chi connectivity index (χ0n) is 11.4. The highest BCUT2D eigenvalue weighted by Gasteiger charge is 2.24. The van der Waals surface area contributed by atoms with Crippen molar-refractivity contribution in [3.05, 3.63) is 47.1 Å². The van der Waals surface area contributed by atoms with Gasteiger partial charge in [0, 0.05) is 6.04 Å². The standard InChI is InChI=1S/C15H19N3O/c1-10-7-8-14(13-6-4-3-5-12(10)13)16-9-15-17-11(2)18-19-15/h3-6,10,14,16H,7-9H2,1-2H3. The number of fused-ring (bicyclic) bond motifs is 1. The number of hydrogen-bond donors (Lipinski definition) is 1. The van der Waals surface area contributed by atoms with E-state index in [9.17, 15) is 0 Å². The maximum absolute atomic E-state index is 5.14. The molecule has 1 aliphatic carbocycles. The van der Waals surface area contributed by atoms with Gasteiger partial charge in [-0.1, -0.05) is 36.3 Å². The summed E-state index contributed by atoms with van der Waals surface area (Å²) in [5.41, 5.74) is 2.88. The molecule has 4 heteroatoms. The normalized spacial score (nSPS) is 22.2. The second-order valence-electron chi connectivity index (χ2n) is 5.28. The molecular weight excluding hydrogens is 238 g/mol. The van der Waals surface area contributed by atoms with Gasteiger partial charge in [-0.25, -0.2) is 0 Å². The molecular formula is C15H19N3O. The topological polar surface area (TPSA) is 51.0 Å². The van der Waals surface area contributed by atoms with Crippen LogP contribution in [0.1, 0.15) is 54.6 Å². The van der Waals surface area contributed by atoms with Crippen molar-refractivity contribution in [2.24, 2.45) is 0 Å². The highest BCUT2D eigenvalue weighted by atomic mass is 16.5. The predicted molar refractivity (Wildman–Crippen MR) is 72.7 cm³/mol. The van der Waals surface area contributed by atoms with Crippen molar-refractivity contribution in [2.75, 3.05) is 0 Å². The Morgan fingerprint density at radius 2 is 2.05 bits per heavy atom. The molecule has 1 aromatic carbocycles. The first kappa shape index (κ1) is 12.4. The second-order valence-corrected chi connectivity index (χ2v) is 5.28. The fraction of sp³-hybridized carbons (Fsp3) is 0.467. The van der Waals surface area contributed by atoms with E-state index in [1.165, 1.54) is 17.5 Å². The van der Waals surface area contributed by atoms with Crippen molar-refractivity contribution >= 4 is 0 Å². The second kappa shape index (κ2) is 5.13. The van der Waals surface area contributed by atoms with Gasteiger partial charge in [0.15, 0.2) is 5.82 Å². The number of rotatable bonds is 3. The monoisotopic (exact) mass is 257 g/mol. The van der Waals surface area contributed by atoms with Crippen LogP contribution in [0.2, 0.25) is 0 Å². The summed E-state index contributed by atoms with van der Waals surface area (Å²) in [7, 11) is 0. The quantitative estimate of drug-likeness (QED) is 0.918. The summed E-state index contributed by atoms with van der Waals surface area (Å²) in [4.78, 5) is 4.23. The Hall–Kier alpha value is -1.68. The SMILES string of the molecule is Cc1noc(CNC2CCC(C)c3ccccc32)n1. The number of benzene rings is 1. The first-order chi connectivity index (χ1) is 9.24. The van der Waals surface area contributed by atoms with Gasteiger partial charge in [-0.3, -0.25) is 0 Å². The summed E-state index contributed by atoms with van der Waals surface area (Å²) in [5.74, 6) is 2.00. The molecule has 19 heavy (non-hydrogen) atoms. The summed E-state index contributed by atoms with van der Waals surface area (Å²) in [6.45, 7) is 4.77. The summed E-state index contributed by atoms with van der Waals surface area (Å²) >= 11 is 0. The Labute approximate surface area is 113 Å². The minimum absolute atomic E-state index is 0.389. The van der Waals surface area contributed by atoms with Crippen LogP contribution in [-0.2, 0) is 6.54 Å². The van der Waals surface area contributed by atoms with Crippen LogP contribution in [0, 0.1) is 6.92 Å². The van der Waals surface area contributed by atoms with Crippen LogP contribution < -0.4 is 5.32 Å². The molecule has 0 amide bonds. The molecule has 0 saturated carbocycles. The molecule has 2 unspecified atom stereocenters. The van der Waals surface area contributed by atoms with Crippen molar-refractivity contribution in [1.82, 2.24) is 15.5 Å². The minimum Gasteiger partial charge on any atom is -0.338 e. The number of aryl methyl sites for hydroxylation is 1. The van der Waals surface area contributed by atoms with Gasteiger partial charge in [-0.15, -0.1) is 0 Å². The molecule has 1 aromatic heterocycles. The largest absolute Gasteiger partial charge is 0.338 e. The van der Waals surface area contributed by atoms with Gasteiger partial charge in [-0.05, 0) is 36.8 Å². The van der Waals surface area contributed by atoms with Crippen LogP contribution >= 0.6 is 0 Å². The molecule has 1 heterocycles. The number of nitrogens with one attached hydrogen (secondary N) is 1. The Kier molecular flexibility index (Phi) is 3.34. The summed E-state index contributed by atoms with van der Waals surface area (Å²) < 4.78 is 5.14. The van der Waals surface area contributed by atoms with Gasteiger partial charge < -0.3 is 9.84 Å². The first-order valence-corrected chi connectivity index (χ1v) is 6.85. The number of aromatic nitrogens is 2. The van der Waals surface area contributed by atoms with Gasteiger partial charge in [0.2, 0.25) is 5.89 Å². The van der Waals surface area contributed by atoms with Crippen molar-refractivity contribution < 1.29 is 4.52 Å². The summed E-state index contributed by atoms with van der Waals surface area (Å²) in [5, 5.41) is 7.34. The van der Waals surface area contributed by atoms with Gasteiger partial charge >= 0.3 is 0 Å². The van der Waals surface area contributed by atoms with Crippen LogP contribution in [0.3, 0.4) is 0 Å². The Bertz CT molecular complexity index is 564. The van der Waals surface area contributed by atoms with Gasteiger partial charge in [0.05, 0.1) is 6.54 Å². The Morgan fingerprint density at radius 1 is 1.26 bits per heavy atom. The maximum Gasteiger partial charge on any atom is 0.240 e. The van der Waals surface area contributed by atoms with E-state index in [1.54, 1.807) is 0 Å². The fourth-order valence-electron chi connectivity index (χ4n) is 2.84. The van der Waals surface area contributed by atoms with E-state index in [0.29, 0.717) is 30.2 Å². The summed E-state index contributed by atoms with van der Waals surface area (Å²) in [6, 6.07) is 9.09. The van der Waals surface area contributed by atoms with Crippen molar-refractivity contribution in [1.29, 1.82) is 0 Å². The molecule has 0 radical (unpaired) electrons. The molecule has 100 valence electrons. The zero-order valence-corrected chi connectivity index (χ0v) is 11.4. The molecule has 0 spiro atoms. The minimum atomic E-state index is 0.389. The average molecular weight is 257 g/mol. The van der Waals surface area contributed by atoms with E-state index in [0.717, 1.165) is 6.42 Å². The summed E-state index contributed by atoms with van der Waals surface area (Å²) in [6.07, 6.45) is 2.38. The van der Waals surface area contributed by atoms with E-state index in [-0.39, 0.29) is 0 Å². The molecule has 2 aromatic rings. The van der Waals surface area contributed by atoms with Crippen molar-refractivity contribution in [3.63, 3.8) is 0 Å². The number of hydrogen-bond acceptors (Lipinski definition) is 4. The molecule has 1 N–H and O–H groups in total. The lowest BCUT2D eigenvalue weighted by molar-refractivity contribution is 0.344. The van der Waals surface area contributed by atoms with Crippen molar-refractivity contribution in [3.8, 4) is 0 Å². The van der Waals surface area contributed by atoms with Gasteiger partial charge in [0.25, 0.3) is 0 Å². The van der Waals surface area contributed by atoms with E-state index in [2.05, 4.69) is 46.6 Å². The third kappa shape index (κ3) is 2.54. The highest BCUT2D eigenvalue weighted by Crippen LogP contribution is 2.36. The van der Waals surface area contributed by atoms with E-state index >= 15 is 0 Å². The Morgan fingerprint density at radius 3 is 2.79 bits per heavy atom. The molecule has 1 aliphatic rings. The molecule has 0 saturated heterocycles. The maximum atomic E-state index is 5.14. The van der Waals surface area contributed by atoms with E-state index < -0.39 is 0 Å². The fourth-order valence-corrected chi connectivity index (χ4v) is 2.84. The average Bonchev–Trinajstić information content (AvgIpc) is 2.84. The third-order valence-corrected chi connectivity index (χ3v) is 3.86. The zero-order chi connectivity index (χ0) is 13.2. The van der Waals surface area contributed by atoms with Crippen LogP contribution in [0.5, 0.6) is 0 Å². The van der Waals surface area contributed by atoms with Gasteiger partial charge in [0.1, 0.15) is 0 Å². The van der Waals surface area contributed by atoms with Crippen LogP contribution in [0.25, 0.3) is 0 Å². The molecule has 0 fully saturated rings. The lowest BCUT2D eigenvalue weighted by Gasteiger charge is -2.30. The van der Waals surface area contributed by atoms with E-state index in [1.807, 2.05) is 6.92 Å². The van der Waals surface area contributed by atoms with Crippen molar-refractivity contribution in [2.45, 2.75) is 45.2 Å². The highest BCUT2D eigenvalue weighted by molar-refractivity contribution is 5.34. The molecule has 4 nitrogen and oxygen atoms in total.